The molecule has 0 aliphatic rings. The van der Waals surface area contributed by atoms with Crippen molar-refractivity contribution in [3.8, 4) is 11.5 Å². The van der Waals surface area contributed by atoms with E-state index >= 15 is 0 Å². The molecule has 1 amide bonds. The molecule has 0 radical (unpaired) electrons. The van der Waals surface area contributed by atoms with Crippen molar-refractivity contribution in [2.45, 2.75) is 0 Å². The Hall–Kier alpha value is -2.01. The number of aromatic hydroxyl groups is 1. The summed E-state index contributed by atoms with van der Waals surface area (Å²) in [6.07, 6.45) is 0. The number of carbonyl (C=O) groups excluding carboxylic acids is 1. The summed E-state index contributed by atoms with van der Waals surface area (Å²) in [7, 11) is 1.56. The Kier molecular flexibility index (Phi) is 3.30. The van der Waals surface area contributed by atoms with Gasteiger partial charge in [-0.05, 0) is 24.3 Å². The quantitative estimate of drug-likeness (QED) is 0.822. The average molecular weight is 249 g/mol. The minimum absolute atomic E-state index is 0.167. The average Bonchev–Trinajstić information content (AvgIpc) is 2.81. The zero-order valence-electron chi connectivity index (χ0n) is 9.14. The van der Waals surface area contributed by atoms with Gasteiger partial charge in [-0.15, -0.1) is 11.3 Å². The second-order valence-electron chi connectivity index (χ2n) is 3.35. The molecule has 0 aliphatic carbocycles. The van der Waals surface area contributed by atoms with Gasteiger partial charge in [-0.3, -0.25) is 4.79 Å². The van der Waals surface area contributed by atoms with Crippen LogP contribution in [0.4, 0.5) is 5.69 Å². The molecular weight excluding hydrogens is 238 g/mol. The van der Waals surface area contributed by atoms with Crippen LogP contribution in [0.2, 0.25) is 0 Å². The van der Waals surface area contributed by atoms with E-state index in [2.05, 4.69) is 5.32 Å². The van der Waals surface area contributed by atoms with Gasteiger partial charge in [0.1, 0.15) is 11.5 Å². The third-order valence-corrected chi connectivity index (χ3v) is 3.07. The molecule has 17 heavy (non-hydrogen) atoms. The molecule has 1 heterocycles. The topological polar surface area (TPSA) is 58.6 Å². The normalized spacial score (nSPS) is 9.94. The fourth-order valence-corrected chi connectivity index (χ4v) is 2.03. The highest BCUT2D eigenvalue weighted by Gasteiger charge is 2.09. The van der Waals surface area contributed by atoms with Crippen molar-refractivity contribution in [3.63, 3.8) is 0 Å². The number of amides is 1. The number of phenolic OH excluding ortho intramolecular Hbond substituents is 1. The van der Waals surface area contributed by atoms with E-state index in [-0.39, 0.29) is 11.7 Å². The lowest BCUT2D eigenvalue weighted by molar-refractivity contribution is 0.103. The van der Waals surface area contributed by atoms with Crippen molar-refractivity contribution in [2.75, 3.05) is 12.4 Å². The summed E-state index contributed by atoms with van der Waals surface area (Å²) in [4.78, 5) is 12.4. The lowest BCUT2D eigenvalue weighted by Crippen LogP contribution is -2.09. The Morgan fingerprint density at radius 1 is 1.35 bits per heavy atom. The number of ether oxygens (including phenoxy) is 1. The van der Waals surface area contributed by atoms with Crippen molar-refractivity contribution < 1.29 is 14.6 Å². The fraction of sp³-hybridized carbons (Fsp3) is 0.0833. The van der Waals surface area contributed by atoms with Crippen LogP contribution in [-0.2, 0) is 0 Å². The number of hydrogen-bond acceptors (Lipinski definition) is 4. The van der Waals surface area contributed by atoms with Crippen LogP contribution >= 0.6 is 11.3 Å². The molecule has 0 saturated carbocycles. The minimum Gasteiger partial charge on any atom is -0.508 e. The zero-order chi connectivity index (χ0) is 12.3. The number of benzene rings is 1. The van der Waals surface area contributed by atoms with Gasteiger partial charge in [0.25, 0.3) is 5.91 Å². The van der Waals surface area contributed by atoms with E-state index in [1.165, 1.54) is 23.5 Å². The molecule has 0 unspecified atom stereocenters. The van der Waals surface area contributed by atoms with Crippen molar-refractivity contribution in [2.24, 2.45) is 0 Å². The smallest absolute Gasteiger partial charge is 0.265 e. The Morgan fingerprint density at radius 2 is 2.06 bits per heavy atom. The van der Waals surface area contributed by atoms with Gasteiger partial charge in [0.2, 0.25) is 0 Å². The van der Waals surface area contributed by atoms with Crippen LogP contribution < -0.4 is 10.1 Å². The first-order chi connectivity index (χ1) is 8.19. The number of carbonyl (C=O) groups is 1. The molecule has 5 heteroatoms. The third kappa shape index (κ3) is 2.76. The highest BCUT2D eigenvalue weighted by Crippen LogP contribution is 2.22. The number of nitrogens with one attached hydrogen (secondary N) is 1. The lowest BCUT2D eigenvalue weighted by Gasteiger charge is -2.02. The first-order valence-electron chi connectivity index (χ1n) is 4.92. The van der Waals surface area contributed by atoms with Crippen molar-refractivity contribution in [3.05, 3.63) is 40.6 Å². The van der Waals surface area contributed by atoms with Crippen LogP contribution in [0.1, 0.15) is 9.67 Å². The molecule has 4 nitrogen and oxygen atoms in total. The molecule has 0 atom stereocenters. The first kappa shape index (κ1) is 11.5. The largest absolute Gasteiger partial charge is 0.508 e. The van der Waals surface area contributed by atoms with Crippen molar-refractivity contribution in [1.29, 1.82) is 0 Å². The molecular formula is C12H11NO3S. The van der Waals surface area contributed by atoms with E-state index in [4.69, 9.17) is 9.84 Å². The van der Waals surface area contributed by atoms with Crippen LogP contribution in [0.3, 0.4) is 0 Å². The van der Waals surface area contributed by atoms with E-state index in [0.717, 1.165) is 0 Å². The molecule has 2 N–H and O–H groups in total. The molecule has 1 aromatic carbocycles. The second-order valence-corrected chi connectivity index (χ2v) is 4.26. The molecule has 88 valence electrons. The van der Waals surface area contributed by atoms with Crippen LogP contribution in [-0.4, -0.2) is 18.1 Å². The minimum atomic E-state index is -0.191. The molecule has 2 aromatic rings. The summed E-state index contributed by atoms with van der Waals surface area (Å²) < 4.78 is 5.01. The maximum atomic E-state index is 11.8. The van der Waals surface area contributed by atoms with Gasteiger partial charge in [-0.2, -0.15) is 0 Å². The standard InChI is InChI=1S/C12H11NO3S/c1-16-10-6-11(17-7-10)12(15)13-8-2-4-9(14)5-3-8/h2-7,14H,1H3,(H,13,15). The highest BCUT2D eigenvalue weighted by atomic mass is 32.1. The number of rotatable bonds is 3. The Balaban J connectivity index is 2.08. The second kappa shape index (κ2) is 4.88. The Morgan fingerprint density at radius 3 is 2.65 bits per heavy atom. The SMILES string of the molecule is COc1csc(C(=O)Nc2ccc(O)cc2)c1. The van der Waals surface area contributed by atoms with Crippen molar-refractivity contribution in [1.82, 2.24) is 0 Å². The van der Waals surface area contributed by atoms with Gasteiger partial charge in [0.05, 0.1) is 12.0 Å². The molecule has 0 saturated heterocycles. The van der Waals surface area contributed by atoms with Crippen LogP contribution in [0.15, 0.2) is 35.7 Å². The van der Waals surface area contributed by atoms with E-state index in [0.29, 0.717) is 16.3 Å². The highest BCUT2D eigenvalue weighted by molar-refractivity contribution is 7.12. The van der Waals surface area contributed by atoms with Gasteiger partial charge in [0, 0.05) is 17.1 Å². The van der Waals surface area contributed by atoms with Crippen molar-refractivity contribution >= 4 is 22.9 Å². The van der Waals surface area contributed by atoms with Gasteiger partial charge in [0.15, 0.2) is 0 Å². The first-order valence-corrected chi connectivity index (χ1v) is 5.80. The lowest BCUT2D eigenvalue weighted by atomic mass is 10.3. The molecule has 0 bridgehead atoms. The number of hydrogen-bond donors (Lipinski definition) is 2. The number of phenols is 1. The van der Waals surface area contributed by atoms with Gasteiger partial charge in [-0.25, -0.2) is 0 Å². The third-order valence-electron chi connectivity index (χ3n) is 2.16. The van der Waals surface area contributed by atoms with Gasteiger partial charge < -0.3 is 15.2 Å². The van der Waals surface area contributed by atoms with E-state index in [1.807, 2.05) is 0 Å². The number of thiophene rings is 1. The van der Waals surface area contributed by atoms with Crippen LogP contribution in [0.5, 0.6) is 11.5 Å². The summed E-state index contributed by atoms with van der Waals surface area (Å²) in [5.41, 5.74) is 0.639. The Bertz CT molecular complexity index is 519. The monoisotopic (exact) mass is 249 g/mol. The summed E-state index contributed by atoms with van der Waals surface area (Å²) in [6, 6.07) is 7.99. The number of methoxy groups -OCH3 is 1. The van der Waals surface area contributed by atoms with Gasteiger partial charge >= 0.3 is 0 Å². The van der Waals surface area contributed by atoms with E-state index < -0.39 is 0 Å². The maximum absolute atomic E-state index is 11.8. The number of anilines is 1. The Labute approximate surface area is 102 Å². The summed E-state index contributed by atoms with van der Waals surface area (Å²) in [5, 5.41) is 13.6. The predicted molar refractivity (Wildman–Crippen MR) is 66.9 cm³/mol. The zero-order valence-corrected chi connectivity index (χ0v) is 9.95. The van der Waals surface area contributed by atoms with E-state index in [9.17, 15) is 4.79 Å². The van der Waals surface area contributed by atoms with Crippen LogP contribution in [0.25, 0.3) is 0 Å². The molecule has 2 rings (SSSR count). The predicted octanol–water partition coefficient (Wildman–Crippen LogP) is 2.71. The molecule has 1 aromatic heterocycles. The van der Waals surface area contributed by atoms with E-state index in [1.54, 1.807) is 30.7 Å². The molecule has 0 fully saturated rings. The maximum Gasteiger partial charge on any atom is 0.265 e. The summed E-state index contributed by atoms with van der Waals surface area (Å²) >= 11 is 1.32. The van der Waals surface area contributed by atoms with Gasteiger partial charge in [-0.1, -0.05) is 0 Å². The molecule has 0 spiro atoms. The summed E-state index contributed by atoms with van der Waals surface area (Å²) in [6.45, 7) is 0. The fourth-order valence-electron chi connectivity index (χ4n) is 1.28. The van der Waals surface area contributed by atoms with Crippen LogP contribution in [0, 0.1) is 0 Å². The molecule has 0 aliphatic heterocycles. The summed E-state index contributed by atoms with van der Waals surface area (Å²) in [5.74, 6) is 0.649.